The monoisotopic (exact) mass is 339 g/mol. The molecule has 0 atom stereocenters. The fourth-order valence-corrected chi connectivity index (χ4v) is 3.51. The molecule has 0 saturated carbocycles. The molecule has 24 heavy (non-hydrogen) atoms. The van der Waals surface area contributed by atoms with Crippen molar-refractivity contribution < 1.29 is 4.79 Å². The summed E-state index contributed by atoms with van der Waals surface area (Å²) in [5, 5.41) is 11.9. The van der Waals surface area contributed by atoms with Crippen LogP contribution in [0, 0.1) is 0 Å². The Morgan fingerprint density at radius 2 is 2.12 bits per heavy atom. The number of carbonyl (C=O) groups is 1. The molecular weight excluding hydrogens is 322 g/mol. The second kappa shape index (κ2) is 6.52. The lowest BCUT2D eigenvalue weighted by Crippen LogP contribution is -2.25. The van der Waals surface area contributed by atoms with E-state index in [1.54, 1.807) is 17.4 Å². The van der Waals surface area contributed by atoms with Gasteiger partial charge >= 0.3 is 0 Å². The van der Waals surface area contributed by atoms with Crippen molar-refractivity contribution in [2.75, 3.05) is 0 Å². The van der Waals surface area contributed by atoms with Crippen molar-refractivity contribution in [2.45, 2.75) is 32.2 Å². The second-order valence-corrected chi connectivity index (χ2v) is 6.72. The number of amides is 1. The molecule has 3 aromatic rings. The summed E-state index contributed by atoms with van der Waals surface area (Å²) in [5.74, 6) is 1.10. The van der Waals surface area contributed by atoms with E-state index in [0.717, 1.165) is 29.8 Å². The third-order valence-corrected chi connectivity index (χ3v) is 4.97. The molecule has 3 heterocycles. The second-order valence-electron chi connectivity index (χ2n) is 5.78. The van der Waals surface area contributed by atoms with Crippen molar-refractivity contribution >= 4 is 17.2 Å². The summed E-state index contributed by atoms with van der Waals surface area (Å²) >= 11 is 1.58. The Bertz CT molecular complexity index is 856. The first kappa shape index (κ1) is 15.0. The van der Waals surface area contributed by atoms with Crippen LogP contribution in [0.15, 0.2) is 29.6 Å². The van der Waals surface area contributed by atoms with Gasteiger partial charge in [-0.2, -0.15) is 5.10 Å². The molecule has 1 aliphatic carbocycles. The number of hydrogen-bond acceptors (Lipinski definition) is 5. The number of nitrogens with one attached hydrogen (secondary N) is 2. The molecule has 1 aliphatic rings. The lowest BCUT2D eigenvalue weighted by atomic mass is 9.96. The van der Waals surface area contributed by atoms with E-state index in [9.17, 15) is 4.79 Å². The van der Waals surface area contributed by atoms with Crippen LogP contribution >= 0.6 is 11.3 Å². The molecule has 0 fully saturated rings. The van der Waals surface area contributed by atoms with Crippen molar-refractivity contribution in [3.05, 3.63) is 52.4 Å². The number of thiophene rings is 1. The Morgan fingerprint density at radius 1 is 1.21 bits per heavy atom. The number of carbonyl (C=O) groups excluding carboxylic acids is 1. The zero-order valence-electron chi connectivity index (χ0n) is 13.1. The predicted octanol–water partition coefficient (Wildman–Crippen LogP) is 2.74. The van der Waals surface area contributed by atoms with Crippen LogP contribution in [-0.4, -0.2) is 26.1 Å². The van der Waals surface area contributed by atoms with Crippen LogP contribution < -0.4 is 5.32 Å². The first-order chi connectivity index (χ1) is 11.8. The maximum absolute atomic E-state index is 12.3. The highest BCUT2D eigenvalue weighted by Gasteiger charge is 2.15. The molecule has 122 valence electrons. The van der Waals surface area contributed by atoms with E-state index in [2.05, 4.69) is 25.5 Å². The maximum Gasteiger partial charge on any atom is 0.270 e. The number of rotatable bonds is 4. The number of aromatic amines is 1. The van der Waals surface area contributed by atoms with Crippen molar-refractivity contribution in [2.24, 2.45) is 0 Å². The summed E-state index contributed by atoms with van der Waals surface area (Å²) in [4.78, 5) is 22.2. The molecule has 7 heteroatoms. The number of aromatic nitrogens is 4. The molecule has 4 rings (SSSR count). The molecule has 0 aliphatic heterocycles. The fraction of sp³-hybridized carbons (Fsp3) is 0.294. The van der Waals surface area contributed by atoms with Gasteiger partial charge in [0.2, 0.25) is 0 Å². The molecule has 2 N–H and O–H groups in total. The topological polar surface area (TPSA) is 83.6 Å². The lowest BCUT2D eigenvalue weighted by Gasteiger charge is -2.15. The van der Waals surface area contributed by atoms with E-state index < -0.39 is 0 Å². The zero-order valence-corrected chi connectivity index (χ0v) is 13.9. The summed E-state index contributed by atoms with van der Waals surface area (Å²) in [7, 11) is 0. The summed E-state index contributed by atoms with van der Waals surface area (Å²) in [6.45, 7) is 0.302. The molecule has 0 saturated heterocycles. The number of hydrogen-bond donors (Lipinski definition) is 2. The van der Waals surface area contributed by atoms with Crippen molar-refractivity contribution in [3.8, 4) is 10.7 Å². The number of H-pyrrole nitrogens is 1. The Hall–Kier alpha value is -2.54. The zero-order chi connectivity index (χ0) is 16.4. The van der Waals surface area contributed by atoms with Gasteiger partial charge in [0.05, 0.1) is 11.4 Å². The number of aryl methyl sites for hydroxylation is 2. The smallest absolute Gasteiger partial charge is 0.270 e. The third-order valence-electron chi connectivity index (χ3n) is 4.10. The molecule has 1 amide bonds. The van der Waals surface area contributed by atoms with E-state index in [0.29, 0.717) is 23.9 Å². The van der Waals surface area contributed by atoms with Crippen LogP contribution in [0.2, 0.25) is 0 Å². The van der Waals surface area contributed by atoms with Crippen molar-refractivity contribution in [1.82, 2.24) is 25.5 Å². The minimum atomic E-state index is -0.183. The summed E-state index contributed by atoms with van der Waals surface area (Å²) in [6, 6.07) is 7.75. The normalized spacial score (nSPS) is 13.5. The highest BCUT2D eigenvalue weighted by Crippen LogP contribution is 2.21. The summed E-state index contributed by atoms with van der Waals surface area (Å²) in [6.07, 6.45) is 4.38. The minimum Gasteiger partial charge on any atom is -0.343 e. The van der Waals surface area contributed by atoms with Crippen LogP contribution in [0.1, 0.15) is 40.4 Å². The van der Waals surface area contributed by atoms with Crippen LogP contribution in [0.25, 0.3) is 10.7 Å². The van der Waals surface area contributed by atoms with Gasteiger partial charge < -0.3 is 5.32 Å². The van der Waals surface area contributed by atoms with E-state index in [-0.39, 0.29) is 5.91 Å². The van der Waals surface area contributed by atoms with Crippen LogP contribution in [0.3, 0.4) is 0 Å². The third kappa shape index (κ3) is 3.07. The van der Waals surface area contributed by atoms with Gasteiger partial charge in [0.15, 0.2) is 5.82 Å². The molecule has 6 nitrogen and oxygen atoms in total. The quantitative estimate of drug-likeness (QED) is 0.765. The largest absolute Gasteiger partial charge is 0.343 e. The first-order valence-electron chi connectivity index (χ1n) is 8.02. The molecule has 0 spiro atoms. The maximum atomic E-state index is 12.3. The van der Waals surface area contributed by atoms with Crippen molar-refractivity contribution in [1.29, 1.82) is 0 Å². The van der Waals surface area contributed by atoms with E-state index >= 15 is 0 Å². The molecule has 3 aromatic heterocycles. The molecule has 0 aromatic carbocycles. The van der Waals surface area contributed by atoms with Crippen LogP contribution in [-0.2, 0) is 19.4 Å². The molecule has 0 unspecified atom stereocenters. The van der Waals surface area contributed by atoms with Crippen LogP contribution in [0.5, 0.6) is 0 Å². The Kier molecular flexibility index (Phi) is 4.08. The van der Waals surface area contributed by atoms with E-state index in [1.165, 1.54) is 12.0 Å². The average molecular weight is 339 g/mol. The van der Waals surface area contributed by atoms with Gasteiger partial charge in [-0.05, 0) is 48.8 Å². The highest BCUT2D eigenvalue weighted by atomic mass is 32.1. The fourth-order valence-electron chi connectivity index (χ4n) is 2.85. The highest BCUT2D eigenvalue weighted by molar-refractivity contribution is 7.13. The number of fused-ring (bicyclic) bond motifs is 1. The van der Waals surface area contributed by atoms with Crippen molar-refractivity contribution in [3.63, 3.8) is 0 Å². The minimum absolute atomic E-state index is 0.183. The lowest BCUT2D eigenvalue weighted by molar-refractivity contribution is 0.0944. The predicted molar refractivity (Wildman–Crippen MR) is 91.7 cm³/mol. The van der Waals surface area contributed by atoms with Gasteiger partial charge in [0.25, 0.3) is 5.91 Å². The Morgan fingerprint density at radius 3 is 3.00 bits per heavy atom. The van der Waals surface area contributed by atoms with Gasteiger partial charge in [-0.1, -0.05) is 12.1 Å². The van der Waals surface area contributed by atoms with Crippen LogP contribution in [0.4, 0.5) is 0 Å². The molecule has 0 bridgehead atoms. The Balaban J connectivity index is 1.41. The van der Waals surface area contributed by atoms with Gasteiger partial charge in [-0.3, -0.25) is 9.89 Å². The first-order valence-corrected chi connectivity index (χ1v) is 8.90. The SMILES string of the molecule is O=C(NCc1nc(-c2cccs2)n[nH]1)c1ccc2c(n1)CCCC2. The van der Waals surface area contributed by atoms with Gasteiger partial charge in [-0.25, -0.2) is 9.97 Å². The number of pyridine rings is 1. The van der Waals surface area contributed by atoms with E-state index in [4.69, 9.17) is 0 Å². The molecule has 0 radical (unpaired) electrons. The summed E-state index contributed by atoms with van der Waals surface area (Å²) in [5.41, 5.74) is 2.80. The standard InChI is InChI=1S/C17H17N5OS/c23-17(13-8-7-11-4-1-2-5-12(11)19-13)18-10-15-20-16(22-21-15)14-6-3-9-24-14/h3,6-9H,1-2,4-5,10H2,(H,18,23)(H,20,21,22). The summed E-state index contributed by atoms with van der Waals surface area (Å²) < 4.78 is 0. The average Bonchev–Trinajstić information content (AvgIpc) is 3.30. The Labute approximate surface area is 143 Å². The molecular formula is C17H17N5OS. The van der Waals surface area contributed by atoms with Gasteiger partial charge in [-0.15, -0.1) is 11.3 Å². The van der Waals surface area contributed by atoms with E-state index in [1.807, 2.05) is 23.6 Å². The number of nitrogens with zero attached hydrogens (tertiary/aromatic N) is 3. The van der Waals surface area contributed by atoms with Gasteiger partial charge in [0.1, 0.15) is 11.5 Å². The van der Waals surface area contributed by atoms with Gasteiger partial charge in [0, 0.05) is 5.69 Å².